The molecular formula is C27H24F2N6O3. The largest absolute Gasteiger partial charge is 0.464 e. The summed E-state index contributed by atoms with van der Waals surface area (Å²) < 4.78 is 38.9. The van der Waals surface area contributed by atoms with E-state index in [1.54, 1.807) is 12.3 Å². The van der Waals surface area contributed by atoms with Gasteiger partial charge in [0, 0.05) is 30.2 Å². The van der Waals surface area contributed by atoms with Crippen LogP contribution in [0.15, 0.2) is 59.5 Å². The van der Waals surface area contributed by atoms with Crippen LogP contribution in [0, 0.1) is 0 Å². The Kier molecular flexibility index (Phi) is 5.99. The second-order valence-electron chi connectivity index (χ2n) is 9.06. The Morgan fingerprint density at radius 2 is 1.87 bits per heavy atom. The van der Waals surface area contributed by atoms with E-state index in [2.05, 4.69) is 31.2 Å². The molecule has 3 aromatic heterocycles. The average Bonchev–Trinajstić information content (AvgIpc) is 3.25. The molecule has 1 aliphatic rings. The smallest absolute Gasteiger partial charge is 0.387 e. The first-order valence-corrected chi connectivity index (χ1v) is 12.2. The topological polar surface area (TPSA) is 87.3 Å². The lowest BCUT2D eigenvalue weighted by Crippen LogP contribution is -2.30. The number of likely N-dealkylation sites (N-methyl/N-ethyl adjacent to an activating group) is 1. The standard InChI is InChI=1S/C27H24F2N6O3/c1-3-37-27-30-14-17-12-20(16-4-9-21-22(13-16)34-11-10-33(2)15-23(34)31-21)25(36)35(24(17)32-27)18-5-7-19(8-6-18)38-26(28)29/h4-9,12-14,26H,3,10-11,15H2,1-2H3. The molecule has 38 heavy (non-hydrogen) atoms. The minimum Gasteiger partial charge on any atom is -0.464 e. The molecule has 194 valence electrons. The van der Waals surface area contributed by atoms with E-state index in [0.717, 1.165) is 42.1 Å². The van der Waals surface area contributed by atoms with Crippen molar-refractivity contribution in [2.45, 2.75) is 26.6 Å². The van der Waals surface area contributed by atoms with E-state index >= 15 is 0 Å². The molecule has 0 unspecified atom stereocenters. The maximum absolute atomic E-state index is 14.0. The molecule has 0 N–H and O–H groups in total. The van der Waals surface area contributed by atoms with Crippen LogP contribution in [0.25, 0.3) is 38.9 Å². The Hall–Kier alpha value is -4.38. The molecule has 0 spiro atoms. The van der Waals surface area contributed by atoms with E-state index in [4.69, 9.17) is 9.72 Å². The molecule has 0 radical (unpaired) electrons. The molecule has 5 aromatic rings. The number of halogens is 2. The Morgan fingerprint density at radius 3 is 2.63 bits per heavy atom. The molecular weight excluding hydrogens is 494 g/mol. The Morgan fingerprint density at radius 1 is 1.05 bits per heavy atom. The van der Waals surface area contributed by atoms with Crippen LogP contribution in [0.4, 0.5) is 8.78 Å². The fraction of sp³-hybridized carbons (Fsp3) is 0.259. The molecule has 0 amide bonds. The first kappa shape index (κ1) is 24.0. The number of hydrogen-bond donors (Lipinski definition) is 0. The molecule has 0 aliphatic carbocycles. The van der Waals surface area contributed by atoms with Gasteiger partial charge in [0.1, 0.15) is 11.6 Å². The number of hydrogen-bond acceptors (Lipinski definition) is 7. The van der Waals surface area contributed by atoms with E-state index in [1.165, 1.54) is 28.8 Å². The zero-order valence-corrected chi connectivity index (χ0v) is 20.8. The summed E-state index contributed by atoms with van der Waals surface area (Å²) in [4.78, 5) is 29.7. The minimum absolute atomic E-state index is 0.0107. The third-order valence-electron chi connectivity index (χ3n) is 6.57. The van der Waals surface area contributed by atoms with Gasteiger partial charge in [-0.2, -0.15) is 13.8 Å². The highest BCUT2D eigenvalue weighted by Gasteiger charge is 2.20. The van der Waals surface area contributed by atoms with Gasteiger partial charge in [0.15, 0.2) is 5.65 Å². The van der Waals surface area contributed by atoms with Crippen molar-refractivity contribution in [2.75, 3.05) is 20.2 Å². The predicted molar refractivity (Wildman–Crippen MR) is 138 cm³/mol. The van der Waals surface area contributed by atoms with Gasteiger partial charge < -0.3 is 14.0 Å². The van der Waals surface area contributed by atoms with E-state index in [9.17, 15) is 13.6 Å². The SMILES string of the molecule is CCOc1ncc2cc(-c3ccc4nc5n(c4c3)CCN(C)C5)c(=O)n(-c3ccc(OC(F)F)cc3)c2n1. The third kappa shape index (κ3) is 4.24. The summed E-state index contributed by atoms with van der Waals surface area (Å²) >= 11 is 0. The molecule has 0 atom stereocenters. The van der Waals surface area contributed by atoms with E-state index in [0.29, 0.717) is 28.9 Å². The van der Waals surface area contributed by atoms with Gasteiger partial charge >= 0.3 is 12.6 Å². The molecule has 0 saturated heterocycles. The van der Waals surface area contributed by atoms with Crippen LogP contribution in [0.1, 0.15) is 12.7 Å². The fourth-order valence-corrected chi connectivity index (χ4v) is 4.80. The number of alkyl halides is 2. The summed E-state index contributed by atoms with van der Waals surface area (Å²) in [7, 11) is 2.07. The van der Waals surface area contributed by atoms with Crippen molar-refractivity contribution in [3.05, 3.63) is 70.9 Å². The minimum atomic E-state index is -2.95. The number of imidazole rings is 1. The predicted octanol–water partition coefficient (Wildman–Crippen LogP) is 4.24. The van der Waals surface area contributed by atoms with Crippen molar-refractivity contribution in [3.63, 3.8) is 0 Å². The Bertz CT molecular complexity index is 1710. The first-order valence-electron chi connectivity index (χ1n) is 12.2. The van der Waals surface area contributed by atoms with Gasteiger partial charge in [-0.25, -0.2) is 9.97 Å². The molecule has 9 nitrogen and oxygen atoms in total. The molecule has 4 heterocycles. The third-order valence-corrected chi connectivity index (χ3v) is 6.57. The molecule has 1 aliphatic heterocycles. The van der Waals surface area contributed by atoms with Gasteiger partial charge in [-0.15, -0.1) is 0 Å². The lowest BCUT2D eigenvalue weighted by atomic mass is 10.0. The maximum atomic E-state index is 14.0. The monoisotopic (exact) mass is 518 g/mol. The zero-order chi connectivity index (χ0) is 26.4. The van der Waals surface area contributed by atoms with Gasteiger partial charge in [0.05, 0.1) is 29.9 Å². The van der Waals surface area contributed by atoms with Crippen LogP contribution in [-0.2, 0) is 13.1 Å². The highest BCUT2D eigenvalue weighted by molar-refractivity contribution is 5.87. The van der Waals surface area contributed by atoms with Crippen LogP contribution >= 0.6 is 0 Å². The number of benzene rings is 2. The van der Waals surface area contributed by atoms with Crippen LogP contribution in [0.2, 0.25) is 0 Å². The van der Waals surface area contributed by atoms with E-state index in [-0.39, 0.29) is 17.3 Å². The van der Waals surface area contributed by atoms with Crippen molar-refractivity contribution in [3.8, 4) is 28.6 Å². The Labute approximate surface area is 215 Å². The van der Waals surface area contributed by atoms with Crippen LogP contribution in [0.5, 0.6) is 11.8 Å². The molecule has 6 rings (SSSR count). The van der Waals surface area contributed by atoms with Crippen molar-refractivity contribution >= 4 is 22.1 Å². The number of aromatic nitrogens is 5. The fourth-order valence-electron chi connectivity index (χ4n) is 4.80. The molecule has 2 aromatic carbocycles. The average molecular weight is 519 g/mol. The molecule has 11 heteroatoms. The number of ether oxygens (including phenoxy) is 2. The van der Waals surface area contributed by atoms with Gasteiger partial charge in [-0.05, 0) is 62.0 Å². The van der Waals surface area contributed by atoms with Crippen LogP contribution in [0.3, 0.4) is 0 Å². The first-order chi connectivity index (χ1) is 18.4. The normalized spacial score (nSPS) is 13.8. The Balaban J connectivity index is 1.54. The van der Waals surface area contributed by atoms with Gasteiger partial charge in [0.25, 0.3) is 5.56 Å². The molecule has 0 saturated carbocycles. The number of nitrogens with zero attached hydrogens (tertiary/aromatic N) is 6. The molecule has 0 bridgehead atoms. The highest BCUT2D eigenvalue weighted by atomic mass is 19.3. The van der Waals surface area contributed by atoms with E-state index in [1.807, 2.05) is 25.1 Å². The van der Waals surface area contributed by atoms with Crippen molar-refractivity contribution in [2.24, 2.45) is 0 Å². The van der Waals surface area contributed by atoms with Gasteiger partial charge in [0.2, 0.25) is 0 Å². The maximum Gasteiger partial charge on any atom is 0.387 e. The summed E-state index contributed by atoms with van der Waals surface area (Å²) in [5.41, 5.74) is 3.47. The summed E-state index contributed by atoms with van der Waals surface area (Å²) in [6.07, 6.45) is 1.61. The van der Waals surface area contributed by atoms with Crippen LogP contribution < -0.4 is 15.0 Å². The van der Waals surface area contributed by atoms with Gasteiger partial charge in [-0.3, -0.25) is 14.3 Å². The van der Waals surface area contributed by atoms with Crippen LogP contribution in [-0.4, -0.2) is 55.8 Å². The second kappa shape index (κ2) is 9.49. The lowest BCUT2D eigenvalue weighted by Gasteiger charge is -2.23. The van der Waals surface area contributed by atoms with E-state index < -0.39 is 6.61 Å². The quantitative estimate of drug-likeness (QED) is 0.332. The summed E-state index contributed by atoms with van der Waals surface area (Å²) in [6, 6.07) is 13.5. The van der Waals surface area contributed by atoms with Crippen molar-refractivity contribution in [1.29, 1.82) is 0 Å². The van der Waals surface area contributed by atoms with Gasteiger partial charge in [-0.1, -0.05) is 6.07 Å². The number of fused-ring (bicyclic) bond motifs is 4. The number of pyridine rings is 1. The summed E-state index contributed by atoms with van der Waals surface area (Å²) in [5.74, 6) is 0.980. The second-order valence-corrected chi connectivity index (χ2v) is 9.06. The number of rotatable bonds is 6. The molecule has 0 fully saturated rings. The summed E-state index contributed by atoms with van der Waals surface area (Å²) in [6.45, 7) is 1.72. The van der Waals surface area contributed by atoms with Crippen molar-refractivity contribution in [1.82, 2.24) is 29.0 Å². The highest BCUT2D eigenvalue weighted by Crippen LogP contribution is 2.28. The summed E-state index contributed by atoms with van der Waals surface area (Å²) in [5, 5.41) is 0.619. The van der Waals surface area contributed by atoms with Crippen molar-refractivity contribution < 1.29 is 18.3 Å². The lowest BCUT2D eigenvalue weighted by molar-refractivity contribution is -0.0498. The zero-order valence-electron chi connectivity index (χ0n) is 20.8.